The van der Waals surface area contributed by atoms with Gasteiger partial charge in [-0.25, -0.2) is 8.78 Å². The summed E-state index contributed by atoms with van der Waals surface area (Å²) < 4.78 is 26.4. The van der Waals surface area contributed by atoms with Crippen LogP contribution in [-0.4, -0.2) is 35.9 Å². The molecule has 0 aromatic carbocycles. The van der Waals surface area contributed by atoms with Crippen molar-refractivity contribution in [2.75, 3.05) is 13.1 Å². The van der Waals surface area contributed by atoms with Crippen LogP contribution in [0.2, 0.25) is 0 Å². The van der Waals surface area contributed by atoms with Crippen LogP contribution in [0.4, 0.5) is 8.78 Å². The molecule has 20 heavy (non-hydrogen) atoms. The number of amides is 1. The molecule has 1 saturated carbocycles. The molecule has 1 aliphatic carbocycles. The van der Waals surface area contributed by atoms with Crippen LogP contribution in [0, 0.1) is 11.8 Å². The minimum Gasteiger partial charge on any atom is -0.338 e. The van der Waals surface area contributed by atoms with Gasteiger partial charge in [0.25, 0.3) is 0 Å². The van der Waals surface area contributed by atoms with E-state index in [1.54, 1.807) is 0 Å². The van der Waals surface area contributed by atoms with Crippen molar-refractivity contribution >= 4 is 5.91 Å². The smallest absolute Gasteiger partial charge is 0.248 e. The van der Waals surface area contributed by atoms with Gasteiger partial charge >= 0.3 is 0 Å². The lowest BCUT2D eigenvalue weighted by molar-refractivity contribution is -0.144. The largest absolute Gasteiger partial charge is 0.338 e. The maximum absolute atomic E-state index is 13.2. The molecule has 2 aliphatic rings. The van der Waals surface area contributed by atoms with Crippen molar-refractivity contribution in [2.45, 2.75) is 63.8 Å². The van der Waals surface area contributed by atoms with E-state index in [0.717, 1.165) is 25.8 Å². The van der Waals surface area contributed by atoms with E-state index < -0.39 is 5.92 Å². The molecule has 1 saturated heterocycles. The molecule has 0 aromatic heterocycles. The van der Waals surface area contributed by atoms with E-state index in [-0.39, 0.29) is 30.7 Å². The van der Waals surface area contributed by atoms with Crippen molar-refractivity contribution in [1.82, 2.24) is 4.90 Å². The van der Waals surface area contributed by atoms with Gasteiger partial charge in [-0.05, 0) is 31.6 Å². The second kappa shape index (κ2) is 6.37. The van der Waals surface area contributed by atoms with Crippen LogP contribution in [0.3, 0.4) is 0 Å². The van der Waals surface area contributed by atoms with Gasteiger partial charge < -0.3 is 10.6 Å². The number of nitrogens with two attached hydrogens (primary N) is 1. The number of hydrogen-bond acceptors (Lipinski definition) is 2. The van der Waals surface area contributed by atoms with E-state index >= 15 is 0 Å². The zero-order valence-electron chi connectivity index (χ0n) is 12.3. The quantitative estimate of drug-likeness (QED) is 0.868. The van der Waals surface area contributed by atoms with Gasteiger partial charge in [0.15, 0.2) is 0 Å². The third-order valence-electron chi connectivity index (χ3n) is 5.02. The zero-order chi connectivity index (χ0) is 14.8. The molecular formula is C15H26F2N2O. The molecule has 0 bridgehead atoms. The summed E-state index contributed by atoms with van der Waals surface area (Å²) in [5, 5.41) is 0. The highest BCUT2D eigenvalue weighted by Gasteiger charge is 2.40. The van der Waals surface area contributed by atoms with Crippen molar-refractivity contribution in [2.24, 2.45) is 17.6 Å². The second-order valence-corrected chi connectivity index (χ2v) is 6.35. The van der Waals surface area contributed by atoms with Crippen LogP contribution in [0.1, 0.15) is 51.9 Å². The molecule has 5 heteroatoms. The normalized spacial score (nSPS) is 31.3. The van der Waals surface area contributed by atoms with Crippen LogP contribution in [0.5, 0.6) is 0 Å². The molecule has 2 unspecified atom stereocenters. The first kappa shape index (κ1) is 15.7. The Kier molecular flexibility index (Phi) is 4.99. The van der Waals surface area contributed by atoms with E-state index in [1.165, 1.54) is 0 Å². The van der Waals surface area contributed by atoms with Crippen LogP contribution >= 0.6 is 0 Å². The summed E-state index contributed by atoms with van der Waals surface area (Å²) in [6, 6.07) is 0.101. The highest BCUT2D eigenvalue weighted by molar-refractivity contribution is 5.79. The monoisotopic (exact) mass is 288 g/mol. The second-order valence-electron chi connectivity index (χ2n) is 6.35. The third-order valence-corrected chi connectivity index (χ3v) is 5.02. The van der Waals surface area contributed by atoms with Crippen molar-refractivity contribution in [3.63, 3.8) is 0 Å². The summed E-state index contributed by atoms with van der Waals surface area (Å²) in [6.45, 7) is 3.39. The predicted octanol–water partition coefficient (Wildman–Crippen LogP) is 2.79. The van der Waals surface area contributed by atoms with Crippen LogP contribution in [0.25, 0.3) is 0 Å². The summed E-state index contributed by atoms with van der Waals surface area (Å²) >= 11 is 0. The van der Waals surface area contributed by atoms with Crippen molar-refractivity contribution < 1.29 is 13.6 Å². The Balaban J connectivity index is 1.95. The average Bonchev–Trinajstić information content (AvgIpc) is 2.45. The number of rotatable bonds is 3. The summed E-state index contributed by atoms with van der Waals surface area (Å²) in [4.78, 5) is 14.4. The van der Waals surface area contributed by atoms with E-state index in [0.29, 0.717) is 25.3 Å². The Morgan fingerprint density at radius 1 is 1.30 bits per heavy atom. The Bertz CT molecular complexity index is 339. The highest BCUT2D eigenvalue weighted by Crippen LogP contribution is 2.38. The van der Waals surface area contributed by atoms with Crippen molar-refractivity contribution in [1.29, 1.82) is 0 Å². The number of carbonyl (C=O) groups excluding carboxylic acids is 1. The lowest BCUT2D eigenvalue weighted by atomic mass is 9.83. The standard InChI is InChI=1S/C15H26F2N2O/c1-2-11-5-8-19(13(9-11)10-18)14(20)12-3-6-15(16,17)7-4-12/h11-13H,2-10,18H2,1H3. The zero-order valence-corrected chi connectivity index (χ0v) is 12.3. The van der Waals surface area contributed by atoms with E-state index in [9.17, 15) is 13.6 Å². The fourth-order valence-corrected chi connectivity index (χ4v) is 3.54. The van der Waals surface area contributed by atoms with E-state index in [4.69, 9.17) is 5.73 Å². The first-order valence-electron chi connectivity index (χ1n) is 7.85. The Hall–Kier alpha value is -0.710. The molecule has 1 heterocycles. The lowest BCUT2D eigenvalue weighted by Gasteiger charge is -2.41. The highest BCUT2D eigenvalue weighted by atomic mass is 19.3. The molecule has 116 valence electrons. The molecule has 1 amide bonds. The fraction of sp³-hybridized carbons (Fsp3) is 0.933. The van der Waals surface area contributed by atoms with Gasteiger partial charge in [0.2, 0.25) is 11.8 Å². The number of halogens is 2. The fourth-order valence-electron chi connectivity index (χ4n) is 3.54. The molecule has 0 aromatic rings. The molecule has 3 nitrogen and oxygen atoms in total. The van der Waals surface area contributed by atoms with Crippen molar-refractivity contribution in [3.8, 4) is 0 Å². The number of carbonyl (C=O) groups is 1. The molecule has 2 N–H and O–H groups in total. The molecule has 0 spiro atoms. The molecule has 1 aliphatic heterocycles. The first-order valence-corrected chi connectivity index (χ1v) is 7.85. The molecule has 0 radical (unpaired) electrons. The number of hydrogen-bond donors (Lipinski definition) is 1. The minimum absolute atomic E-state index is 0.0607. The molecule has 2 fully saturated rings. The van der Waals surface area contributed by atoms with Crippen LogP contribution < -0.4 is 5.73 Å². The predicted molar refractivity (Wildman–Crippen MR) is 74.5 cm³/mol. The maximum atomic E-state index is 13.2. The number of nitrogens with zero attached hydrogens (tertiary/aromatic N) is 1. The van der Waals surface area contributed by atoms with E-state index in [1.807, 2.05) is 4.90 Å². The Morgan fingerprint density at radius 2 is 1.95 bits per heavy atom. The van der Waals surface area contributed by atoms with Crippen LogP contribution in [-0.2, 0) is 4.79 Å². The van der Waals surface area contributed by atoms with Crippen LogP contribution in [0.15, 0.2) is 0 Å². The summed E-state index contributed by atoms with van der Waals surface area (Å²) in [5.41, 5.74) is 5.81. The molecule has 2 rings (SSSR count). The summed E-state index contributed by atoms with van der Waals surface area (Å²) in [6.07, 6.45) is 3.43. The van der Waals surface area contributed by atoms with Gasteiger partial charge in [-0.15, -0.1) is 0 Å². The van der Waals surface area contributed by atoms with Crippen molar-refractivity contribution in [3.05, 3.63) is 0 Å². The third kappa shape index (κ3) is 3.48. The molecular weight excluding hydrogens is 262 g/mol. The number of alkyl halides is 2. The van der Waals surface area contributed by atoms with Gasteiger partial charge in [-0.2, -0.15) is 0 Å². The number of piperidine rings is 1. The molecule has 2 atom stereocenters. The van der Waals surface area contributed by atoms with E-state index in [2.05, 4.69) is 6.92 Å². The van der Waals surface area contributed by atoms with Gasteiger partial charge in [-0.1, -0.05) is 13.3 Å². The minimum atomic E-state index is -2.57. The van der Waals surface area contributed by atoms with Gasteiger partial charge in [-0.3, -0.25) is 4.79 Å². The first-order chi connectivity index (χ1) is 9.46. The van der Waals surface area contributed by atoms with Gasteiger partial charge in [0.1, 0.15) is 0 Å². The summed E-state index contributed by atoms with van der Waals surface area (Å²) in [7, 11) is 0. The Labute approximate surface area is 119 Å². The van der Waals surface area contributed by atoms with Gasteiger partial charge in [0, 0.05) is 37.9 Å². The van der Waals surface area contributed by atoms with Gasteiger partial charge in [0.05, 0.1) is 0 Å². The topological polar surface area (TPSA) is 46.3 Å². The average molecular weight is 288 g/mol. The Morgan fingerprint density at radius 3 is 2.50 bits per heavy atom. The maximum Gasteiger partial charge on any atom is 0.248 e. The lowest BCUT2D eigenvalue weighted by Crippen LogP contribution is -2.52. The summed E-state index contributed by atoms with van der Waals surface area (Å²) in [5.74, 6) is -2.09. The SMILES string of the molecule is CCC1CCN(C(=O)C2CCC(F)(F)CC2)C(CN)C1. The number of likely N-dealkylation sites (tertiary alicyclic amines) is 1.